The third-order valence-corrected chi connectivity index (χ3v) is 7.32. The molecule has 3 rings (SSSR count). The van der Waals surface area contributed by atoms with Gasteiger partial charge in [0.2, 0.25) is 0 Å². The Labute approximate surface area is 203 Å². The van der Waals surface area contributed by atoms with Gasteiger partial charge in [0.15, 0.2) is 0 Å². The van der Waals surface area contributed by atoms with E-state index < -0.39 is 0 Å². The van der Waals surface area contributed by atoms with Crippen molar-refractivity contribution in [2.45, 2.75) is 72.0 Å². The molecule has 1 aliphatic rings. The highest BCUT2D eigenvalue weighted by Gasteiger charge is 2.29. The highest BCUT2D eigenvalue weighted by Crippen LogP contribution is 2.31. The monoisotopic (exact) mass is 463 g/mol. The van der Waals surface area contributed by atoms with Crippen molar-refractivity contribution in [1.29, 1.82) is 0 Å². The number of quaternary nitrogens is 1. The van der Waals surface area contributed by atoms with Crippen LogP contribution in [0.5, 0.6) is 0 Å². The smallest absolute Gasteiger partial charge is 0.253 e. The van der Waals surface area contributed by atoms with Gasteiger partial charge in [0.25, 0.3) is 11.5 Å². The highest BCUT2D eigenvalue weighted by atomic mass is 16.1. The minimum absolute atomic E-state index is 0.167. The van der Waals surface area contributed by atoms with Gasteiger partial charge in [0.05, 0.1) is 20.1 Å². The molecule has 34 heavy (non-hydrogen) atoms. The summed E-state index contributed by atoms with van der Waals surface area (Å²) in [6.45, 7) is 8.92. The van der Waals surface area contributed by atoms with Crippen LogP contribution in [-0.4, -0.2) is 43.6 Å². The van der Waals surface area contributed by atoms with E-state index in [0.717, 1.165) is 41.9 Å². The van der Waals surface area contributed by atoms with Gasteiger partial charge >= 0.3 is 0 Å². The number of aromatic amines is 1. The molecule has 3 N–H and O–H groups in total. The van der Waals surface area contributed by atoms with Gasteiger partial charge < -0.3 is 20.1 Å². The van der Waals surface area contributed by atoms with Gasteiger partial charge in [-0.3, -0.25) is 9.59 Å². The van der Waals surface area contributed by atoms with Crippen molar-refractivity contribution in [2.75, 3.05) is 25.5 Å². The summed E-state index contributed by atoms with van der Waals surface area (Å²) >= 11 is 0. The topological polar surface area (TPSA) is 69.6 Å². The van der Waals surface area contributed by atoms with E-state index in [4.69, 9.17) is 6.42 Å². The van der Waals surface area contributed by atoms with Crippen molar-refractivity contribution >= 4 is 11.6 Å². The molecule has 1 heterocycles. The minimum atomic E-state index is -0.216. The molecule has 6 heteroatoms. The number of amides is 1. The summed E-state index contributed by atoms with van der Waals surface area (Å²) < 4.78 is 0. The second-order valence-corrected chi connectivity index (χ2v) is 9.81. The fraction of sp³-hybridized carbons (Fsp3) is 0.500. The van der Waals surface area contributed by atoms with Crippen LogP contribution < -0.4 is 20.7 Å². The molecule has 6 nitrogen and oxygen atoms in total. The summed E-state index contributed by atoms with van der Waals surface area (Å²) in [4.78, 5) is 32.3. The number of rotatable bonds is 7. The largest absolute Gasteiger partial charge is 0.369 e. The lowest BCUT2D eigenvalue weighted by Gasteiger charge is -2.39. The maximum Gasteiger partial charge on any atom is 0.253 e. The summed E-state index contributed by atoms with van der Waals surface area (Å²) in [5.41, 5.74) is 5.29. The number of carbonyl (C=O) groups is 1. The standard InChI is InChI=1S/C28H38N4O2/c1-8-21-15-24(27(33)29-17-25-18(3)14-19(4)30-28(25)34)20(5)26(16-21)32(9-2)23-12-10-22(11-13-23)31(6)7/h1,14-16,22-23H,9-13,17H2,2-7H3,(H,29,33)(H,30,34)/p+1. The number of hydrogen-bond donors (Lipinski definition) is 3. The Kier molecular flexibility index (Phi) is 8.22. The molecule has 0 radical (unpaired) electrons. The maximum absolute atomic E-state index is 13.2. The van der Waals surface area contributed by atoms with Gasteiger partial charge in [-0.2, -0.15) is 0 Å². The van der Waals surface area contributed by atoms with E-state index >= 15 is 0 Å². The van der Waals surface area contributed by atoms with Crippen LogP contribution in [0, 0.1) is 33.1 Å². The molecule has 1 aromatic heterocycles. The summed E-state index contributed by atoms with van der Waals surface area (Å²) in [7, 11) is 4.47. The van der Waals surface area contributed by atoms with Crippen LogP contribution in [0.2, 0.25) is 0 Å². The molecule has 0 unspecified atom stereocenters. The number of anilines is 1. The summed E-state index contributed by atoms with van der Waals surface area (Å²) in [6.07, 6.45) is 10.5. The number of H-pyrrole nitrogens is 1. The second-order valence-electron chi connectivity index (χ2n) is 9.81. The lowest BCUT2D eigenvalue weighted by atomic mass is 9.88. The molecule has 0 spiro atoms. The Morgan fingerprint density at radius 3 is 2.41 bits per heavy atom. The Hall–Kier alpha value is -3.04. The zero-order chi connectivity index (χ0) is 25.0. The Balaban J connectivity index is 1.86. The van der Waals surface area contributed by atoms with Crippen LogP contribution in [0.1, 0.15) is 70.9 Å². The molecule has 0 aliphatic heterocycles. The Bertz CT molecular complexity index is 1130. The molecule has 1 aliphatic carbocycles. The normalized spacial score (nSPS) is 17.9. The first-order valence-electron chi connectivity index (χ1n) is 12.3. The molecule has 1 amide bonds. The number of hydrogen-bond acceptors (Lipinski definition) is 3. The molecule has 2 aromatic rings. The molecule has 1 fully saturated rings. The van der Waals surface area contributed by atoms with Crippen molar-refractivity contribution in [3.05, 3.63) is 62.1 Å². The number of aromatic nitrogens is 1. The lowest BCUT2D eigenvalue weighted by Crippen LogP contribution is -3.10. The van der Waals surface area contributed by atoms with Crippen molar-refractivity contribution in [1.82, 2.24) is 10.3 Å². The third kappa shape index (κ3) is 5.53. The van der Waals surface area contributed by atoms with Gasteiger partial charge in [0.1, 0.15) is 0 Å². The number of nitrogens with zero attached hydrogens (tertiary/aromatic N) is 1. The molecule has 0 atom stereocenters. The molecule has 0 bridgehead atoms. The zero-order valence-corrected chi connectivity index (χ0v) is 21.5. The van der Waals surface area contributed by atoms with Gasteiger partial charge in [0, 0.05) is 60.0 Å². The van der Waals surface area contributed by atoms with Crippen LogP contribution in [0.25, 0.3) is 0 Å². The van der Waals surface area contributed by atoms with Crippen LogP contribution in [0.4, 0.5) is 5.69 Å². The van der Waals surface area contributed by atoms with Gasteiger partial charge in [-0.25, -0.2) is 0 Å². The predicted molar refractivity (Wildman–Crippen MR) is 139 cm³/mol. The Morgan fingerprint density at radius 2 is 1.85 bits per heavy atom. The number of benzene rings is 1. The zero-order valence-electron chi connectivity index (χ0n) is 21.5. The van der Waals surface area contributed by atoms with E-state index in [2.05, 4.69) is 42.1 Å². The van der Waals surface area contributed by atoms with E-state index in [1.54, 1.807) is 6.07 Å². The van der Waals surface area contributed by atoms with Crippen molar-refractivity contribution in [3.63, 3.8) is 0 Å². The van der Waals surface area contributed by atoms with Gasteiger partial charge in [-0.15, -0.1) is 6.42 Å². The fourth-order valence-electron chi connectivity index (χ4n) is 5.27. The number of pyridine rings is 1. The van der Waals surface area contributed by atoms with E-state index in [1.165, 1.54) is 17.7 Å². The van der Waals surface area contributed by atoms with Crippen LogP contribution in [0.3, 0.4) is 0 Å². The molecule has 0 saturated heterocycles. The molecule has 1 saturated carbocycles. The average Bonchev–Trinajstić information content (AvgIpc) is 2.80. The van der Waals surface area contributed by atoms with Crippen molar-refractivity contribution in [2.24, 2.45) is 0 Å². The minimum Gasteiger partial charge on any atom is -0.369 e. The van der Waals surface area contributed by atoms with Crippen LogP contribution >= 0.6 is 0 Å². The summed E-state index contributed by atoms with van der Waals surface area (Å²) in [5, 5.41) is 2.94. The van der Waals surface area contributed by atoms with E-state index in [9.17, 15) is 9.59 Å². The lowest BCUT2D eigenvalue weighted by molar-refractivity contribution is -0.887. The van der Waals surface area contributed by atoms with E-state index in [0.29, 0.717) is 28.8 Å². The van der Waals surface area contributed by atoms with Gasteiger partial charge in [-0.1, -0.05) is 5.92 Å². The summed E-state index contributed by atoms with van der Waals surface area (Å²) in [5.74, 6) is 2.51. The van der Waals surface area contributed by atoms with Gasteiger partial charge in [-0.05, 0) is 69.9 Å². The molecular weight excluding hydrogens is 424 g/mol. The number of terminal acetylenes is 1. The second kappa shape index (κ2) is 10.9. The summed E-state index contributed by atoms with van der Waals surface area (Å²) in [6, 6.07) is 6.88. The third-order valence-electron chi connectivity index (χ3n) is 7.32. The first-order valence-corrected chi connectivity index (χ1v) is 12.3. The quantitative estimate of drug-likeness (QED) is 0.553. The highest BCUT2D eigenvalue weighted by molar-refractivity contribution is 5.97. The predicted octanol–water partition coefficient (Wildman–Crippen LogP) is 2.49. The maximum atomic E-state index is 13.2. The van der Waals surface area contributed by atoms with Crippen LogP contribution in [0.15, 0.2) is 23.0 Å². The van der Waals surface area contributed by atoms with Crippen molar-refractivity contribution < 1.29 is 9.69 Å². The first kappa shape index (κ1) is 25.6. The van der Waals surface area contributed by atoms with Crippen molar-refractivity contribution in [3.8, 4) is 12.3 Å². The number of nitrogens with one attached hydrogen (secondary N) is 3. The first-order chi connectivity index (χ1) is 16.2. The molecule has 182 valence electrons. The SMILES string of the molecule is C#Cc1cc(C(=O)NCc2c(C)cc(C)[nH]c2=O)c(C)c(N(CC)C2CCC([NH+](C)C)CC2)c1. The van der Waals surface area contributed by atoms with Crippen LogP contribution in [-0.2, 0) is 6.54 Å². The van der Waals surface area contributed by atoms with E-state index in [1.807, 2.05) is 32.9 Å². The fourth-order valence-corrected chi connectivity index (χ4v) is 5.27. The average molecular weight is 464 g/mol. The molecular formula is C28H39N4O2+. The van der Waals surface area contributed by atoms with E-state index in [-0.39, 0.29) is 18.0 Å². The number of carbonyl (C=O) groups excluding carboxylic acids is 1. The Morgan fingerprint density at radius 1 is 1.18 bits per heavy atom. The molecule has 1 aromatic carbocycles. The number of aryl methyl sites for hydroxylation is 2.